The molecule has 2 N–H and O–H groups in total. The number of hydrogen-bond acceptors (Lipinski definition) is 5. The number of halogens is 2. The molecule has 1 saturated heterocycles. The van der Waals surface area contributed by atoms with Crippen molar-refractivity contribution in [3.8, 4) is 11.3 Å². The molecule has 1 aliphatic rings. The number of nitrogens with one attached hydrogen (secondary N) is 1. The van der Waals surface area contributed by atoms with E-state index < -0.39 is 5.97 Å². The molecule has 2 aromatic carbocycles. The van der Waals surface area contributed by atoms with Crippen molar-refractivity contribution in [3.63, 3.8) is 0 Å². The number of aliphatic imine (C=N–C) groups is 1. The number of nitrogens with zero attached hydrogens (tertiary/aromatic N) is 1. The fourth-order valence-electron chi connectivity index (χ4n) is 2.87. The molecule has 31 heavy (non-hydrogen) atoms. The van der Waals surface area contributed by atoms with Gasteiger partial charge in [-0.2, -0.15) is 0 Å². The predicted octanol–water partition coefficient (Wildman–Crippen LogP) is 6.15. The monoisotopic (exact) mass is 472 g/mol. The average molecular weight is 473 g/mol. The van der Waals surface area contributed by atoms with Crippen molar-refractivity contribution in [1.29, 1.82) is 0 Å². The van der Waals surface area contributed by atoms with Crippen molar-refractivity contribution >= 4 is 63.8 Å². The molecule has 1 aromatic heterocycles. The van der Waals surface area contributed by atoms with Crippen LogP contribution in [0.4, 0.5) is 5.69 Å². The molecule has 2 heterocycles. The zero-order valence-electron chi connectivity index (χ0n) is 16.0. The van der Waals surface area contributed by atoms with Gasteiger partial charge in [0.25, 0.3) is 5.91 Å². The van der Waals surface area contributed by atoms with E-state index in [4.69, 9.17) is 27.6 Å². The number of hydrogen-bond donors (Lipinski definition) is 2. The highest BCUT2D eigenvalue weighted by molar-refractivity contribution is 8.18. The largest absolute Gasteiger partial charge is 0.478 e. The molecule has 0 saturated carbocycles. The quantitative estimate of drug-likeness (QED) is 0.444. The first-order valence-electron chi connectivity index (χ1n) is 8.99. The second kappa shape index (κ2) is 8.63. The zero-order valence-corrected chi connectivity index (χ0v) is 18.3. The summed E-state index contributed by atoms with van der Waals surface area (Å²) in [6.07, 6.45) is 1.60. The number of aryl methyl sites for hydroxylation is 1. The maximum atomic E-state index is 12.3. The van der Waals surface area contributed by atoms with Crippen LogP contribution in [0.2, 0.25) is 10.0 Å². The Hall–Kier alpha value is -3.00. The topological polar surface area (TPSA) is 91.9 Å². The summed E-state index contributed by atoms with van der Waals surface area (Å²) in [4.78, 5) is 28.4. The molecule has 1 fully saturated rings. The number of amidine groups is 1. The van der Waals surface area contributed by atoms with Gasteiger partial charge in [0.2, 0.25) is 0 Å². The molecule has 0 radical (unpaired) electrons. The van der Waals surface area contributed by atoms with Gasteiger partial charge in [-0.15, -0.1) is 0 Å². The summed E-state index contributed by atoms with van der Waals surface area (Å²) in [6, 6.07) is 13.5. The summed E-state index contributed by atoms with van der Waals surface area (Å²) >= 11 is 13.1. The Morgan fingerprint density at radius 2 is 1.94 bits per heavy atom. The number of amides is 1. The molecule has 0 spiro atoms. The van der Waals surface area contributed by atoms with Gasteiger partial charge in [-0.05, 0) is 60.6 Å². The summed E-state index contributed by atoms with van der Waals surface area (Å²) in [7, 11) is 0. The number of carbonyl (C=O) groups is 2. The molecular weight excluding hydrogens is 459 g/mol. The molecule has 0 atom stereocenters. The Balaban J connectivity index is 1.56. The lowest BCUT2D eigenvalue weighted by molar-refractivity contribution is -0.115. The Morgan fingerprint density at radius 1 is 1.13 bits per heavy atom. The van der Waals surface area contributed by atoms with Gasteiger partial charge in [-0.3, -0.25) is 4.79 Å². The van der Waals surface area contributed by atoms with Gasteiger partial charge in [0.15, 0.2) is 5.17 Å². The minimum atomic E-state index is -0.999. The van der Waals surface area contributed by atoms with Crippen LogP contribution in [0.1, 0.15) is 21.7 Å². The van der Waals surface area contributed by atoms with E-state index in [0.717, 1.165) is 0 Å². The smallest absolute Gasteiger partial charge is 0.335 e. The van der Waals surface area contributed by atoms with Gasteiger partial charge in [0.05, 0.1) is 26.2 Å². The first-order valence-corrected chi connectivity index (χ1v) is 10.6. The lowest BCUT2D eigenvalue weighted by Gasteiger charge is -2.03. The number of carboxylic acids is 1. The van der Waals surface area contributed by atoms with E-state index in [0.29, 0.717) is 48.5 Å². The average Bonchev–Trinajstić information content (AvgIpc) is 3.32. The van der Waals surface area contributed by atoms with Crippen LogP contribution >= 0.6 is 35.0 Å². The molecule has 1 aliphatic heterocycles. The molecule has 1 amide bonds. The molecular formula is C22H14Cl2N2O4S. The van der Waals surface area contributed by atoms with Gasteiger partial charge in [-0.25, -0.2) is 9.79 Å². The van der Waals surface area contributed by atoms with Crippen LogP contribution in [-0.2, 0) is 4.79 Å². The maximum absolute atomic E-state index is 12.3. The van der Waals surface area contributed by atoms with E-state index in [-0.39, 0.29) is 11.5 Å². The first kappa shape index (κ1) is 21.2. The van der Waals surface area contributed by atoms with Gasteiger partial charge >= 0.3 is 5.97 Å². The summed E-state index contributed by atoms with van der Waals surface area (Å²) in [5.41, 5.74) is 2.08. The molecule has 3 aromatic rings. The summed E-state index contributed by atoms with van der Waals surface area (Å²) in [6.45, 7) is 1.73. The van der Waals surface area contributed by atoms with Crippen LogP contribution < -0.4 is 5.32 Å². The Labute approximate surface area is 191 Å². The minimum Gasteiger partial charge on any atom is -0.478 e. The zero-order chi connectivity index (χ0) is 22.1. The molecule has 0 aliphatic carbocycles. The van der Waals surface area contributed by atoms with Crippen molar-refractivity contribution in [3.05, 3.63) is 80.4 Å². The normalized spacial score (nSPS) is 16.2. The predicted molar refractivity (Wildman–Crippen MR) is 123 cm³/mol. The number of thioether (sulfide) groups is 1. The minimum absolute atomic E-state index is 0.211. The number of furan rings is 1. The number of aromatic carboxylic acids is 1. The van der Waals surface area contributed by atoms with Crippen LogP contribution in [0.5, 0.6) is 0 Å². The standard InChI is InChI=1S/C22H14Cl2N2O4S/c1-11-2-3-12(8-15(11)21(28)29)18-7-5-14(30-18)10-19-20(27)26-22(31-19)25-13-4-6-16(23)17(24)9-13/h2-10H,1H3,(H,28,29)(H,25,26,27)/b19-10-. The molecule has 4 rings (SSSR count). The van der Waals surface area contributed by atoms with Gasteiger partial charge < -0.3 is 14.8 Å². The number of carboxylic acid groups (broad SMARTS) is 1. The van der Waals surface area contributed by atoms with Gasteiger partial charge in [0, 0.05) is 11.6 Å². The number of carbonyl (C=O) groups excluding carboxylic acids is 1. The third kappa shape index (κ3) is 4.69. The van der Waals surface area contributed by atoms with Crippen LogP contribution in [0, 0.1) is 6.92 Å². The van der Waals surface area contributed by atoms with Crippen molar-refractivity contribution in [2.24, 2.45) is 4.99 Å². The van der Waals surface area contributed by atoms with Crippen molar-refractivity contribution < 1.29 is 19.1 Å². The second-order valence-electron chi connectivity index (χ2n) is 6.62. The summed E-state index contributed by atoms with van der Waals surface area (Å²) in [5.74, 6) is -0.338. The van der Waals surface area contributed by atoms with Crippen LogP contribution in [0.3, 0.4) is 0 Å². The lowest BCUT2D eigenvalue weighted by atomic mass is 10.0. The van der Waals surface area contributed by atoms with Crippen LogP contribution in [0.25, 0.3) is 17.4 Å². The summed E-state index contributed by atoms with van der Waals surface area (Å²) in [5, 5.41) is 13.2. The van der Waals surface area contributed by atoms with E-state index in [1.54, 1.807) is 61.5 Å². The van der Waals surface area contributed by atoms with E-state index in [9.17, 15) is 14.7 Å². The molecule has 0 unspecified atom stereocenters. The first-order chi connectivity index (χ1) is 14.8. The lowest BCUT2D eigenvalue weighted by Crippen LogP contribution is -2.19. The Kier molecular flexibility index (Phi) is 5.91. The van der Waals surface area contributed by atoms with Crippen molar-refractivity contribution in [1.82, 2.24) is 5.32 Å². The van der Waals surface area contributed by atoms with E-state index in [2.05, 4.69) is 10.3 Å². The van der Waals surface area contributed by atoms with E-state index >= 15 is 0 Å². The van der Waals surface area contributed by atoms with E-state index in [1.807, 2.05) is 0 Å². The third-order valence-electron chi connectivity index (χ3n) is 4.44. The van der Waals surface area contributed by atoms with Crippen LogP contribution in [-0.4, -0.2) is 22.2 Å². The highest BCUT2D eigenvalue weighted by atomic mass is 35.5. The summed E-state index contributed by atoms with van der Waals surface area (Å²) < 4.78 is 5.80. The molecule has 6 nitrogen and oxygen atoms in total. The highest BCUT2D eigenvalue weighted by Crippen LogP contribution is 2.32. The fourth-order valence-corrected chi connectivity index (χ4v) is 3.99. The Bertz CT molecular complexity index is 1280. The third-order valence-corrected chi connectivity index (χ3v) is 6.09. The van der Waals surface area contributed by atoms with Crippen molar-refractivity contribution in [2.45, 2.75) is 6.92 Å². The second-order valence-corrected chi connectivity index (χ2v) is 8.46. The van der Waals surface area contributed by atoms with Gasteiger partial charge in [-0.1, -0.05) is 35.3 Å². The molecule has 0 bridgehead atoms. The van der Waals surface area contributed by atoms with Crippen molar-refractivity contribution in [2.75, 3.05) is 0 Å². The highest BCUT2D eigenvalue weighted by Gasteiger charge is 2.24. The molecule has 9 heteroatoms. The SMILES string of the molecule is Cc1ccc(-c2ccc(/C=C3\SC(=Nc4ccc(Cl)c(Cl)c4)NC3=O)o2)cc1C(=O)O. The number of benzene rings is 2. The fraction of sp³-hybridized carbons (Fsp3) is 0.0455. The van der Waals surface area contributed by atoms with E-state index in [1.165, 1.54) is 11.8 Å². The Morgan fingerprint density at radius 3 is 2.68 bits per heavy atom. The number of rotatable bonds is 4. The van der Waals surface area contributed by atoms with Gasteiger partial charge in [0.1, 0.15) is 11.5 Å². The molecule has 156 valence electrons. The van der Waals surface area contributed by atoms with Crippen LogP contribution in [0.15, 0.2) is 62.8 Å². The maximum Gasteiger partial charge on any atom is 0.335 e.